The molecule has 122 valence electrons. The van der Waals surface area contributed by atoms with Gasteiger partial charge in [0.25, 0.3) is 0 Å². The predicted octanol–water partition coefficient (Wildman–Crippen LogP) is 3.69. The first-order chi connectivity index (χ1) is 11.7. The van der Waals surface area contributed by atoms with Crippen LogP contribution in [0.3, 0.4) is 0 Å². The van der Waals surface area contributed by atoms with Crippen molar-refractivity contribution in [2.24, 2.45) is 11.7 Å². The quantitative estimate of drug-likeness (QED) is 0.749. The van der Waals surface area contributed by atoms with Crippen LogP contribution in [0, 0.1) is 5.92 Å². The molecule has 1 aliphatic rings. The fraction of sp³-hybridized carbons (Fsp3) is 0.286. The van der Waals surface area contributed by atoms with E-state index in [0.717, 1.165) is 32.5 Å². The number of piperidine rings is 1. The summed E-state index contributed by atoms with van der Waals surface area (Å²) in [5.41, 5.74) is 6.89. The van der Waals surface area contributed by atoms with Crippen LogP contribution in [-0.2, 0) is 11.3 Å². The van der Waals surface area contributed by atoms with E-state index in [0.29, 0.717) is 0 Å². The number of amides is 1. The van der Waals surface area contributed by atoms with Crippen LogP contribution in [-0.4, -0.2) is 23.9 Å². The van der Waals surface area contributed by atoms with Crippen LogP contribution in [0.15, 0.2) is 54.6 Å². The molecule has 3 nitrogen and oxygen atoms in total. The lowest BCUT2D eigenvalue weighted by Crippen LogP contribution is -2.40. The van der Waals surface area contributed by atoms with E-state index in [1.165, 1.54) is 27.1 Å². The maximum Gasteiger partial charge on any atom is 0.221 e. The second-order valence-corrected chi connectivity index (χ2v) is 6.77. The van der Waals surface area contributed by atoms with Gasteiger partial charge in [0.15, 0.2) is 0 Å². The molecule has 1 atom stereocenters. The number of benzene rings is 3. The van der Waals surface area contributed by atoms with E-state index < -0.39 is 0 Å². The molecule has 0 aromatic heterocycles. The molecule has 1 fully saturated rings. The molecule has 1 heterocycles. The summed E-state index contributed by atoms with van der Waals surface area (Å²) in [5, 5.41) is 5.15. The Morgan fingerprint density at radius 3 is 2.29 bits per heavy atom. The monoisotopic (exact) mass is 318 g/mol. The van der Waals surface area contributed by atoms with Crippen molar-refractivity contribution in [3.8, 4) is 0 Å². The minimum absolute atomic E-state index is 0.0139. The highest BCUT2D eigenvalue weighted by Gasteiger charge is 2.24. The van der Waals surface area contributed by atoms with Crippen LogP contribution in [0.4, 0.5) is 0 Å². The number of carbonyl (C=O) groups is 1. The number of carbonyl (C=O) groups excluding carboxylic acids is 1. The van der Waals surface area contributed by atoms with Crippen LogP contribution < -0.4 is 5.73 Å². The summed E-state index contributed by atoms with van der Waals surface area (Å²) in [6, 6.07) is 19.4. The Labute approximate surface area is 142 Å². The van der Waals surface area contributed by atoms with Gasteiger partial charge in [-0.25, -0.2) is 0 Å². The number of nitrogens with zero attached hydrogens (tertiary/aromatic N) is 1. The molecule has 0 aliphatic carbocycles. The van der Waals surface area contributed by atoms with Gasteiger partial charge in [0.1, 0.15) is 0 Å². The van der Waals surface area contributed by atoms with Gasteiger partial charge in [-0.3, -0.25) is 9.69 Å². The summed E-state index contributed by atoms with van der Waals surface area (Å²) in [4.78, 5) is 14.0. The highest BCUT2D eigenvalue weighted by molar-refractivity contribution is 6.02. The van der Waals surface area contributed by atoms with E-state index in [2.05, 4.69) is 59.5 Å². The van der Waals surface area contributed by atoms with Crippen molar-refractivity contribution >= 4 is 27.5 Å². The Kier molecular flexibility index (Phi) is 3.95. The summed E-state index contributed by atoms with van der Waals surface area (Å²) < 4.78 is 0. The standard InChI is InChI=1S/C21H22N2O/c22-21(24)17-8-5-11-23(13-17)14-20-18-9-3-1-6-15(18)12-16-7-2-4-10-19(16)20/h1-4,6-7,9-10,12,17H,5,8,11,13-14H2,(H2,22,24). The van der Waals surface area contributed by atoms with Crippen molar-refractivity contribution in [3.63, 3.8) is 0 Å². The molecule has 1 aliphatic heterocycles. The average Bonchev–Trinajstić information content (AvgIpc) is 2.62. The lowest BCUT2D eigenvalue weighted by atomic mass is 9.94. The van der Waals surface area contributed by atoms with E-state index in [1.807, 2.05) is 0 Å². The van der Waals surface area contributed by atoms with Gasteiger partial charge in [0.2, 0.25) is 5.91 Å². The summed E-state index contributed by atoms with van der Waals surface area (Å²) in [6.07, 6.45) is 1.96. The second kappa shape index (κ2) is 6.25. The number of likely N-dealkylation sites (tertiary alicyclic amines) is 1. The first-order valence-corrected chi connectivity index (χ1v) is 8.63. The van der Waals surface area contributed by atoms with E-state index in [4.69, 9.17) is 5.73 Å². The van der Waals surface area contributed by atoms with Crippen molar-refractivity contribution in [2.45, 2.75) is 19.4 Å². The van der Waals surface area contributed by atoms with Crippen molar-refractivity contribution in [2.75, 3.05) is 13.1 Å². The predicted molar refractivity (Wildman–Crippen MR) is 98.6 cm³/mol. The number of hydrogen-bond acceptors (Lipinski definition) is 2. The second-order valence-electron chi connectivity index (χ2n) is 6.77. The van der Waals surface area contributed by atoms with Crippen LogP contribution in [0.25, 0.3) is 21.5 Å². The van der Waals surface area contributed by atoms with Gasteiger partial charge in [-0.15, -0.1) is 0 Å². The van der Waals surface area contributed by atoms with Crippen LogP contribution >= 0.6 is 0 Å². The highest BCUT2D eigenvalue weighted by atomic mass is 16.1. The molecule has 0 spiro atoms. The van der Waals surface area contributed by atoms with Gasteiger partial charge in [-0.1, -0.05) is 48.5 Å². The van der Waals surface area contributed by atoms with E-state index >= 15 is 0 Å². The fourth-order valence-corrected chi connectivity index (χ4v) is 3.93. The third-order valence-electron chi connectivity index (χ3n) is 5.17. The summed E-state index contributed by atoms with van der Waals surface area (Å²) in [6.45, 7) is 2.67. The maximum atomic E-state index is 11.6. The molecular weight excluding hydrogens is 296 g/mol. The number of nitrogens with two attached hydrogens (primary N) is 1. The molecule has 1 amide bonds. The van der Waals surface area contributed by atoms with Crippen LogP contribution in [0.2, 0.25) is 0 Å². The van der Waals surface area contributed by atoms with Gasteiger partial charge < -0.3 is 5.73 Å². The van der Waals surface area contributed by atoms with Gasteiger partial charge in [0, 0.05) is 13.1 Å². The topological polar surface area (TPSA) is 46.3 Å². The molecule has 2 N–H and O–H groups in total. The zero-order valence-electron chi connectivity index (χ0n) is 13.7. The van der Waals surface area contributed by atoms with E-state index in [9.17, 15) is 4.79 Å². The van der Waals surface area contributed by atoms with Crippen molar-refractivity contribution in [1.82, 2.24) is 4.90 Å². The zero-order chi connectivity index (χ0) is 16.5. The Morgan fingerprint density at radius 1 is 1.04 bits per heavy atom. The smallest absolute Gasteiger partial charge is 0.221 e. The van der Waals surface area contributed by atoms with Crippen molar-refractivity contribution < 1.29 is 4.79 Å². The lowest BCUT2D eigenvalue weighted by Gasteiger charge is -2.31. The molecule has 3 aromatic carbocycles. The van der Waals surface area contributed by atoms with Gasteiger partial charge in [-0.2, -0.15) is 0 Å². The SMILES string of the molecule is NC(=O)C1CCCN(Cc2c3ccccc3cc3ccccc23)C1. The normalized spacial score (nSPS) is 18.9. The zero-order valence-corrected chi connectivity index (χ0v) is 13.7. The average molecular weight is 318 g/mol. The Hall–Kier alpha value is -2.39. The number of fused-ring (bicyclic) bond motifs is 2. The van der Waals surface area contributed by atoms with E-state index in [-0.39, 0.29) is 11.8 Å². The first-order valence-electron chi connectivity index (χ1n) is 8.63. The van der Waals surface area contributed by atoms with Crippen LogP contribution in [0.5, 0.6) is 0 Å². The Balaban J connectivity index is 1.78. The third-order valence-corrected chi connectivity index (χ3v) is 5.17. The lowest BCUT2D eigenvalue weighted by molar-refractivity contribution is -0.123. The molecule has 0 bridgehead atoms. The molecule has 0 radical (unpaired) electrons. The highest BCUT2D eigenvalue weighted by Crippen LogP contribution is 2.30. The molecule has 4 rings (SSSR count). The van der Waals surface area contributed by atoms with Crippen molar-refractivity contribution in [1.29, 1.82) is 0 Å². The Morgan fingerprint density at radius 2 is 1.67 bits per heavy atom. The molecular formula is C21H22N2O. The molecule has 24 heavy (non-hydrogen) atoms. The minimum atomic E-state index is -0.164. The summed E-state index contributed by atoms with van der Waals surface area (Å²) >= 11 is 0. The Bertz CT molecular complexity index is 849. The van der Waals surface area contributed by atoms with Gasteiger partial charge in [-0.05, 0) is 52.6 Å². The third kappa shape index (κ3) is 2.76. The molecule has 0 saturated carbocycles. The molecule has 3 heteroatoms. The van der Waals surface area contributed by atoms with Gasteiger partial charge in [0.05, 0.1) is 5.92 Å². The maximum absolute atomic E-state index is 11.6. The fourth-order valence-electron chi connectivity index (χ4n) is 3.93. The van der Waals surface area contributed by atoms with E-state index in [1.54, 1.807) is 0 Å². The molecule has 3 aromatic rings. The molecule has 1 saturated heterocycles. The van der Waals surface area contributed by atoms with Crippen molar-refractivity contribution in [3.05, 3.63) is 60.2 Å². The summed E-state index contributed by atoms with van der Waals surface area (Å²) in [7, 11) is 0. The number of primary amides is 1. The summed E-state index contributed by atoms with van der Waals surface area (Å²) in [5.74, 6) is -0.178. The number of hydrogen-bond donors (Lipinski definition) is 1. The van der Waals surface area contributed by atoms with Crippen LogP contribution in [0.1, 0.15) is 18.4 Å². The molecule has 1 unspecified atom stereocenters. The number of rotatable bonds is 3. The minimum Gasteiger partial charge on any atom is -0.369 e. The first kappa shape index (κ1) is 15.2. The largest absolute Gasteiger partial charge is 0.369 e. The van der Waals surface area contributed by atoms with Gasteiger partial charge >= 0.3 is 0 Å².